The Hall–Kier alpha value is -4.01. The van der Waals surface area contributed by atoms with Gasteiger partial charge >= 0.3 is 0 Å². The summed E-state index contributed by atoms with van der Waals surface area (Å²) in [5.74, 6) is -0.303. The molecule has 0 saturated heterocycles. The number of hydrogen-bond donors (Lipinski definition) is 4. The number of fused-ring (bicyclic) bond motifs is 2. The van der Waals surface area contributed by atoms with E-state index < -0.39 is 5.91 Å². The van der Waals surface area contributed by atoms with E-state index in [1.807, 2.05) is 24.3 Å². The van der Waals surface area contributed by atoms with Crippen molar-refractivity contribution in [1.82, 2.24) is 31.0 Å². The highest BCUT2D eigenvalue weighted by Gasteiger charge is 2.15. The van der Waals surface area contributed by atoms with Crippen LogP contribution in [0.15, 0.2) is 53.3 Å². The van der Waals surface area contributed by atoms with Gasteiger partial charge in [-0.2, -0.15) is 5.10 Å². The molecule has 0 aliphatic heterocycles. The smallest absolute Gasteiger partial charge is 0.290 e. The third kappa shape index (κ3) is 3.45. The summed E-state index contributed by atoms with van der Waals surface area (Å²) in [7, 11) is 0. The maximum Gasteiger partial charge on any atom is 0.290 e. The van der Waals surface area contributed by atoms with Crippen molar-refractivity contribution in [2.45, 2.75) is 12.8 Å². The topological polar surface area (TPSA) is 133 Å². The van der Waals surface area contributed by atoms with Crippen molar-refractivity contribution in [3.05, 3.63) is 70.4 Å². The predicted octanol–water partition coefficient (Wildman–Crippen LogP) is 1.19. The lowest BCUT2D eigenvalue weighted by molar-refractivity contribution is -0.121. The molecule has 0 fully saturated rings. The molecule has 4 N–H and O–H groups in total. The number of carbonyl (C=O) groups is 2. The number of nitrogens with zero attached hydrogens (tertiary/aromatic N) is 2. The lowest BCUT2D eigenvalue weighted by atomic mass is 10.1. The van der Waals surface area contributed by atoms with Gasteiger partial charge in [0.05, 0.1) is 16.4 Å². The molecule has 0 spiro atoms. The van der Waals surface area contributed by atoms with E-state index in [1.165, 1.54) is 0 Å². The number of hydrogen-bond acceptors (Lipinski definition) is 5. The minimum Gasteiger partial charge on any atom is -0.342 e. The first-order valence-electron chi connectivity index (χ1n) is 8.62. The molecule has 2 amide bonds. The number of H-pyrrole nitrogens is 2. The van der Waals surface area contributed by atoms with Crippen LogP contribution in [0.2, 0.25) is 0 Å². The Morgan fingerprint density at radius 2 is 1.71 bits per heavy atom. The fourth-order valence-corrected chi connectivity index (χ4v) is 2.89. The number of amides is 2. The summed E-state index contributed by atoms with van der Waals surface area (Å²) in [5.41, 5.74) is 6.05. The number of hydrazine groups is 1. The molecule has 2 aromatic carbocycles. The molecule has 0 unspecified atom stereocenters. The SMILES string of the molecule is O=C(CCc1nc2ccccc2[nH]1)NNC(=O)c1n[nH]c(=O)c2ccccc12. The standard InChI is InChI=1S/C19H16N6O3/c26-16(10-9-15-20-13-7-3-4-8-14(13)21-15)22-25-19(28)17-11-5-1-2-6-12(11)18(27)24-23-17/h1-8H,9-10H2,(H,20,21)(H,22,26)(H,24,27)(H,25,28). The molecule has 0 bridgehead atoms. The molecular formula is C19H16N6O3. The van der Waals surface area contributed by atoms with Gasteiger partial charge in [0, 0.05) is 18.2 Å². The lowest BCUT2D eigenvalue weighted by Gasteiger charge is -2.08. The van der Waals surface area contributed by atoms with Gasteiger partial charge in [0.25, 0.3) is 11.5 Å². The van der Waals surface area contributed by atoms with E-state index in [2.05, 4.69) is 31.0 Å². The number of para-hydroxylation sites is 2. The van der Waals surface area contributed by atoms with E-state index in [4.69, 9.17) is 0 Å². The minimum absolute atomic E-state index is 0.0211. The van der Waals surface area contributed by atoms with Gasteiger partial charge in [-0.05, 0) is 18.2 Å². The Morgan fingerprint density at radius 1 is 0.964 bits per heavy atom. The van der Waals surface area contributed by atoms with Gasteiger partial charge in [-0.1, -0.05) is 30.3 Å². The van der Waals surface area contributed by atoms with Crippen molar-refractivity contribution in [1.29, 1.82) is 0 Å². The van der Waals surface area contributed by atoms with E-state index >= 15 is 0 Å². The van der Waals surface area contributed by atoms with Crippen LogP contribution in [-0.4, -0.2) is 32.0 Å². The van der Waals surface area contributed by atoms with E-state index in [0.717, 1.165) is 11.0 Å². The van der Waals surface area contributed by atoms with Gasteiger partial charge in [0.2, 0.25) is 5.91 Å². The molecule has 4 rings (SSSR count). The zero-order chi connectivity index (χ0) is 19.5. The van der Waals surface area contributed by atoms with Crippen LogP contribution in [0.5, 0.6) is 0 Å². The first-order valence-corrected chi connectivity index (χ1v) is 8.62. The summed E-state index contributed by atoms with van der Waals surface area (Å²) in [4.78, 5) is 43.7. The highest BCUT2D eigenvalue weighted by Crippen LogP contribution is 2.12. The summed E-state index contributed by atoms with van der Waals surface area (Å²) in [6.45, 7) is 0. The summed E-state index contributed by atoms with van der Waals surface area (Å²) in [6, 6.07) is 14.2. The molecule has 9 heteroatoms. The normalized spacial score (nSPS) is 10.9. The average Bonchev–Trinajstić information content (AvgIpc) is 3.14. The second-order valence-electron chi connectivity index (χ2n) is 6.15. The molecule has 2 aromatic heterocycles. The highest BCUT2D eigenvalue weighted by atomic mass is 16.2. The van der Waals surface area contributed by atoms with Gasteiger partial charge in [-0.15, -0.1) is 0 Å². The number of benzene rings is 2. The van der Waals surface area contributed by atoms with Crippen molar-refractivity contribution in [3.8, 4) is 0 Å². The Balaban J connectivity index is 1.37. The van der Waals surface area contributed by atoms with Crippen molar-refractivity contribution in [3.63, 3.8) is 0 Å². The van der Waals surface area contributed by atoms with Crippen molar-refractivity contribution < 1.29 is 9.59 Å². The number of imidazole rings is 1. The molecule has 4 aromatic rings. The molecule has 0 aliphatic carbocycles. The van der Waals surface area contributed by atoms with Crippen molar-refractivity contribution in [2.75, 3.05) is 0 Å². The molecule has 28 heavy (non-hydrogen) atoms. The van der Waals surface area contributed by atoms with Crippen LogP contribution in [0, 0.1) is 0 Å². The second kappa shape index (κ2) is 7.31. The quantitative estimate of drug-likeness (QED) is 0.397. The van der Waals surface area contributed by atoms with E-state index in [-0.39, 0.29) is 23.6 Å². The largest absolute Gasteiger partial charge is 0.342 e. The van der Waals surface area contributed by atoms with Crippen molar-refractivity contribution in [2.24, 2.45) is 0 Å². The Bertz CT molecular complexity index is 1210. The molecular weight excluding hydrogens is 360 g/mol. The summed E-state index contributed by atoms with van der Waals surface area (Å²) in [6.07, 6.45) is 0.538. The Kier molecular flexibility index (Phi) is 4.55. The third-order valence-electron chi connectivity index (χ3n) is 4.25. The maximum absolute atomic E-state index is 12.3. The number of carbonyl (C=O) groups excluding carboxylic acids is 2. The van der Waals surface area contributed by atoms with Gasteiger partial charge in [-0.25, -0.2) is 10.1 Å². The zero-order valence-corrected chi connectivity index (χ0v) is 14.7. The van der Waals surface area contributed by atoms with Gasteiger partial charge in [0.15, 0.2) is 5.69 Å². The summed E-state index contributed by atoms with van der Waals surface area (Å²) >= 11 is 0. The molecule has 140 valence electrons. The van der Waals surface area contributed by atoms with Crippen molar-refractivity contribution >= 4 is 33.6 Å². The molecule has 0 aliphatic rings. The average molecular weight is 376 g/mol. The van der Waals surface area contributed by atoms with Crippen LogP contribution in [0.3, 0.4) is 0 Å². The predicted molar refractivity (Wildman–Crippen MR) is 102 cm³/mol. The third-order valence-corrected chi connectivity index (χ3v) is 4.25. The molecule has 0 atom stereocenters. The second-order valence-corrected chi connectivity index (χ2v) is 6.15. The maximum atomic E-state index is 12.3. The Morgan fingerprint density at radius 3 is 2.54 bits per heavy atom. The lowest BCUT2D eigenvalue weighted by Crippen LogP contribution is -2.42. The minimum atomic E-state index is -0.621. The first kappa shape index (κ1) is 17.4. The fourth-order valence-electron chi connectivity index (χ4n) is 2.89. The molecule has 9 nitrogen and oxygen atoms in total. The molecule has 0 saturated carbocycles. The summed E-state index contributed by atoms with van der Waals surface area (Å²) < 4.78 is 0. The zero-order valence-electron chi connectivity index (χ0n) is 14.7. The first-order chi connectivity index (χ1) is 13.6. The Labute approximate surface area is 158 Å². The fraction of sp³-hybridized carbons (Fsp3) is 0.105. The number of aromatic amines is 2. The highest BCUT2D eigenvalue weighted by molar-refractivity contribution is 6.05. The number of rotatable bonds is 4. The van der Waals surface area contributed by atoms with Gasteiger partial charge in [-0.3, -0.25) is 25.2 Å². The number of aromatic nitrogens is 4. The monoisotopic (exact) mass is 376 g/mol. The molecule has 0 radical (unpaired) electrons. The number of nitrogens with one attached hydrogen (secondary N) is 4. The number of aryl methyl sites for hydroxylation is 1. The van der Waals surface area contributed by atoms with Gasteiger partial charge in [0.1, 0.15) is 5.82 Å². The summed E-state index contributed by atoms with van der Waals surface area (Å²) in [5, 5.41) is 6.81. The van der Waals surface area contributed by atoms with E-state index in [0.29, 0.717) is 23.0 Å². The van der Waals surface area contributed by atoms with Crippen LogP contribution in [0.1, 0.15) is 22.7 Å². The van der Waals surface area contributed by atoms with Crippen LogP contribution in [-0.2, 0) is 11.2 Å². The van der Waals surface area contributed by atoms with Crippen LogP contribution < -0.4 is 16.4 Å². The van der Waals surface area contributed by atoms with Gasteiger partial charge < -0.3 is 4.98 Å². The molecule has 2 heterocycles. The van der Waals surface area contributed by atoms with Crippen LogP contribution in [0.4, 0.5) is 0 Å². The van der Waals surface area contributed by atoms with Crippen LogP contribution >= 0.6 is 0 Å². The van der Waals surface area contributed by atoms with E-state index in [1.54, 1.807) is 24.3 Å². The van der Waals surface area contributed by atoms with Crippen LogP contribution in [0.25, 0.3) is 21.8 Å². The van der Waals surface area contributed by atoms with E-state index in [9.17, 15) is 14.4 Å².